The van der Waals surface area contributed by atoms with Gasteiger partial charge in [-0.3, -0.25) is 9.59 Å². The van der Waals surface area contributed by atoms with Crippen LogP contribution < -0.4 is 15.4 Å². The third-order valence-corrected chi connectivity index (χ3v) is 12.4. The van der Waals surface area contributed by atoms with E-state index in [1.165, 1.54) is 33.8 Å². The average molecular weight is 777 g/mol. The fraction of sp³-hybridized carbons (Fsp3) is 0.667. The number of sulfonamides is 2. The minimum absolute atomic E-state index is 0.00852. The predicted octanol–water partition coefficient (Wildman–Crippen LogP) is 4.52. The van der Waals surface area contributed by atoms with Gasteiger partial charge < -0.3 is 19.9 Å². The Kier molecular flexibility index (Phi) is 13.9. The molecule has 2 amide bonds. The molecule has 0 radical (unpaired) electrons. The molecule has 1 fully saturated rings. The summed E-state index contributed by atoms with van der Waals surface area (Å²) in [4.78, 5) is 28.3. The Morgan fingerprint density at radius 3 is 1.94 bits per heavy atom. The van der Waals surface area contributed by atoms with Gasteiger partial charge in [0.05, 0.1) is 12.2 Å². The molecular formula is C30H45F5N6O8S2. The number of ether oxygens (including phenoxy) is 1. The molecule has 2 aromatic heterocycles. The minimum atomic E-state index is -4.55. The Morgan fingerprint density at radius 1 is 0.922 bits per heavy atom. The Morgan fingerprint density at radius 2 is 1.47 bits per heavy atom. The minimum Gasteiger partial charge on any atom is -0.380 e. The van der Waals surface area contributed by atoms with Crippen molar-refractivity contribution in [3.63, 3.8) is 0 Å². The summed E-state index contributed by atoms with van der Waals surface area (Å²) in [5, 5.41) is 8.37. The van der Waals surface area contributed by atoms with Crippen molar-refractivity contribution >= 4 is 43.5 Å². The van der Waals surface area contributed by atoms with Crippen LogP contribution in [0, 0.1) is 0 Å². The largest absolute Gasteiger partial charge is 0.417 e. The van der Waals surface area contributed by atoms with E-state index in [0.717, 1.165) is 16.4 Å². The number of nitrogens with one attached hydrogen (secondary N) is 3. The van der Waals surface area contributed by atoms with Gasteiger partial charge in [0, 0.05) is 56.8 Å². The second kappa shape index (κ2) is 16.2. The molecule has 0 unspecified atom stereocenters. The van der Waals surface area contributed by atoms with Crippen molar-refractivity contribution in [2.45, 2.75) is 95.2 Å². The van der Waals surface area contributed by atoms with E-state index in [4.69, 9.17) is 9.26 Å². The molecular weight excluding hydrogens is 731 g/mol. The van der Waals surface area contributed by atoms with Crippen molar-refractivity contribution in [3.05, 3.63) is 35.7 Å². The Bertz CT molecular complexity index is 1710. The molecule has 3 N–H and O–H groups in total. The monoisotopic (exact) mass is 776 g/mol. The molecule has 0 saturated carbocycles. The van der Waals surface area contributed by atoms with E-state index < -0.39 is 71.9 Å². The van der Waals surface area contributed by atoms with E-state index in [9.17, 15) is 48.4 Å². The van der Waals surface area contributed by atoms with Crippen LogP contribution in [0.5, 0.6) is 0 Å². The molecule has 51 heavy (non-hydrogen) atoms. The highest BCUT2D eigenvalue weighted by molar-refractivity contribution is 7.91. The molecule has 290 valence electrons. The number of amides is 2. The lowest BCUT2D eigenvalue weighted by Crippen LogP contribution is -2.54. The number of hydrogen-bond donors (Lipinski definition) is 3. The maximum atomic E-state index is 13.3. The number of rotatable bonds is 12. The summed E-state index contributed by atoms with van der Waals surface area (Å²) in [5.41, 5.74) is -1.30. The van der Waals surface area contributed by atoms with E-state index >= 15 is 0 Å². The highest BCUT2D eigenvalue weighted by Crippen LogP contribution is 2.33. The molecule has 14 nitrogen and oxygen atoms in total. The second-order valence-corrected chi connectivity index (χ2v) is 18.3. The number of piperidine rings is 1. The molecule has 1 saturated heterocycles. The third-order valence-electron chi connectivity index (χ3n) is 7.77. The van der Waals surface area contributed by atoms with Gasteiger partial charge >= 0.3 is 6.18 Å². The highest BCUT2D eigenvalue weighted by Gasteiger charge is 2.49. The summed E-state index contributed by atoms with van der Waals surface area (Å²) in [5.74, 6) is -4.15. The summed E-state index contributed by atoms with van der Waals surface area (Å²) in [7, 11) is -8.16. The van der Waals surface area contributed by atoms with Crippen LogP contribution in [0.2, 0.25) is 0 Å². The maximum absolute atomic E-state index is 13.3. The van der Waals surface area contributed by atoms with Gasteiger partial charge in [-0.05, 0) is 46.8 Å². The molecule has 0 bridgehead atoms. The first-order valence-electron chi connectivity index (χ1n) is 15.7. The van der Waals surface area contributed by atoms with Crippen LogP contribution in [0.1, 0.15) is 79.6 Å². The number of hydrogen-bond acceptors (Lipinski definition) is 10. The van der Waals surface area contributed by atoms with Crippen molar-refractivity contribution in [2.24, 2.45) is 0 Å². The maximum Gasteiger partial charge on any atom is 0.417 e. The van der Waals surface area contributed by atoms with Gasteiger partial charge in [-0.15, -0.1) is 0 Å². The molecule has 1 aliphatic rings. The first-order valence-corrected chi connectivity index (χ1v) is 18.6. The fourth-order valence-corrected chi connectivity index (χ4v) is 6.65. The summed E-state index contributed by atoms with van der Waals surface area (Å²) in [6.07, 6.45) is -5.11. The lowest BCUT2D eigenvalue weighted by molar-refractivity contribution is -0.137. The molecule has 2 aromatic rings. The summed E-state index contributed by atoms with van der Waals surface area (Å²) < 4.78 is 124. The Labute approximate surface area is 294 Å². The van der Waals surface area contributed by atoms with Gasteiger partial charge in [0.25, 0.3) is 5.92 Å². The number of aromatic nitrogens is 2. The first kappa shape index (κ1) is 43.9. The first-order chi connectivity index (χ1) is 23.1. The highest BCUT2D eigenvalue weighted by atomic mass is 32.2. The molecule has 3 heterocycles. The zero-order valence-corrected chi connectivity index (χ0v) is 31.2. The number of alkyl halides is 5. The lowest BCUT2D eigenvalue weighted by atomic mass is 9.93. The SMILES string of the molecule is CC(C)(C)c1cc(NC(=O)C(C)(C)S(=O)(=O)N2CCC(F)(F)CC2)no1.CCOCCNS(=O)(=O)C(C)(C)C(=O)Nc1ccc(C(F)(F)F)cn1. The van der Waals surface area contributed by atoms with Crippen molar-refractivity contribution in [3.8, 4) is 0 Å². The van der Waals surface area contributed by atoms with Crippen LogP contribution in [0.15, 0.2) is 28.9 Å². The van der Waals surface area contributed by atoms with E-state index in [0.29, 0.717) is 18.6 Å². The number of carbonyl (C=O) groups excluding carboxylic acids is 2. The van der Waals surface area contributed by atoms with Gasteiger partial charge in [-0.1, -0.05) is 25.9 Å². The number of nitrogens with zero attached hydrogens (tertiary/aromatic N) is 3. The van der Waals surface area contributed by atoms with Gasteiger partial charge in [0.2, 0.25) is 31.9 Å². The topological polar surface area (TPSA) is 190 Å². The van der Waals surface area contributed by atoms with Crippen molar-refractivity contribution < 1.29 is 57.6 Å². The normalized spacial score (nSPS) is 16.2. The van der Waals surface area contributed by atoms with E-state index in [1.807, 2.05) is 20.8 Å². The predicted molar refractivity (Wildman–Crippen MR) is 178 cm³/mol. The quantitative estimate of drug-likeness (QED) is 0.204. The smallest absolute Gasteiger partial charge is 0.380 e. The fourth-order valence-electron chi connectivity index (χ4n) is 4.05. The summed E-state index contributed by atoms with van der Waals surface area (Å²) in [6, 6.07) is 3.22. The summed E-state index contributed by atoms with van der Waals surface area (Å²) in [6.45, 7) is 12.2. The van der Waals surface area contributed by atoms with E-state index in [-0.39, 0.29) is 43.3 Å². The average Bonchev–Trinajstić information content (AvgIpc) is 3.48. The Hall–Kier alpha value is -3.27. The molecule has 0 aromatic carbocycles. The van der Waals surface area contributed by atoms with Crippen molar-refractivity contribution in [1.82, 2.24) is 19.2 Å². The summed E-state index contributed by atoms with van der Waals surface area (Å²) >= 11 is 0. The standard InChI is InChI=1S/C16H25F2N3O4S.C14H20F3N3O4S/c1-14(2,3)11-10-12(20-25-11)19-13(22)15(4,5)26(23,24)21-8-6-16(17,18)7-9-21;1-4-24-8-7-19-25(22,23)13(2,3)12(21)20-11-6-5-10(9-18-11)14(15,16)17/h10H,6-9H2,1-5H3,(H,19,20,22);5-6,9,19H,4,7-8H2,1-3H3,(H,18,20,21). The molecule has 0 spiro atoms. The van der Waals surface area contributed by atoms with Crippen molar-refractivity contribution in [1.29, 1.82) is 0 Å². The molecule has 21 heteroatoms. The van der Waals surface area contributed by atoms with E-state index in [1.54, 1.807) is 6.92 Å². The van der Waals surface area contributed by atoms with Gasteiger partial charge in [0.1, 0.15) is 11.6 Å². The van der Waals surface area contributed by atoms with Crippen LogP contribution in [-0.2, 0) is 46.0 Å². The van der Waals surface area contributed by atoms with Crippen molar-refractivity contribution in [2.75, 3.05) is 43.5 Å². The third kappa shape index (κ3) is 11.4. The van der Waals surface area contributed by atoms with Crippen LogP contribution in [0.3, 0.4) is 0 Å². The van der Waals surface area contributed by atoms with E-state index in [2.05, 4.69) is 25.5 Å². The molecule has 0 aliphatic carbocycles. The number of carbonyl (C=O) groups is 2. The van der Waals surface area contributed by atoms with Crippen LogP contribution in [-0.4, -0.2) is 91.4 Å². The second-order valence-electron chi connectivity index (χ2n) is 13.5. The molecule has 3 rings (SSSR count). The lowest BCUT2D eigenvalue weighted by Gasteiger charge is -2.35. The number of halogens is 5. The zero-order chi connectivity index (χ0) is 39.3. The van der Waals surface area contributed by atoms with Gasteiger partial charge in [0.15, 0.2) is 15.3 Å². The number of anilines is 2. The van der Waals surface area contributed by atoms with Crippen LogP contribution in [0.4, 0.5) is 33.6 Å². The van der Waals surface area contributed by atoms with Crippen LogP contribution in [0.25, 0.3) is 0 Å². The Balaban J connectivity index is 0.000000354. The molecule has 0 atom stereocenters. The zero-order valence-electron chi connectivity index (χ0n) is 29.6. The van der Waals surface area contributed by atoms with Gasteiger partial charge in [-0.2, -0.15) is 13.2 Å². The molecule has 1 aliphatic heterocycles. The van der Waals surface area contributed by atoms with Crippen LogP contribution >= 0.6 is 0 Å². The number of pyridine rings is 1. The van der Waals surface area contributed by atoms with Gasteiger partial charge in [-0.25, -0.2) is 39.6 Å².